The van der Waals surface area contributed by atoms with E-state index >= 15 is 0 Å². The summed E-state index contributed by atoms with van der Waals surface area (Å²) in [6, 6.07) is 39.7. The summed E-state index contributed by atoms with van der Waals surface area (Å²) in [5.74, 6) is 0.932. The van der Waals surface area contributed by atoms with E-state index in [-0.39, 0.29) is 5.41 Å². The molecule has 3 nitrogen and oxygen atoms in total. The highest BCUT2D eigenvalue weighted by Crippen LogP contribution is 2.56. The van der Waals surface area contributed by atoms with E-state index in [1.165, 1.54) is 81.6 Å². The first-order chi connectivity index (χ1) is 21.6. The summed E-state index contributed by atoms with van der Waals surface area (Å²) in [6.07, 6.45) is 6.09. The van der Waals surface area contributed by atoms with Gasteiger partial charge in [-0.2, -0.15) is 0 Å². The van der Waals surface area contributed by atoms with Crippen LogP contribution >= 0.6 is 0 Å². The molecule has 0 saturated heterocycles. The van der Waals surface area contributed by atoms with E-state index < -0.39 is 0 Å². The molecule has 0 bridgehead atoms. The van der Waals surface area contributed by atoms with Crippen LogP contribution in [0.5, 0.6) is 0 Å². The van der Waals surface area contributed by atoms with Crippen molar-refractivity contribution in [3.63, 3.8) is 0 Å². The van der Waals surface area contributed by atoms with Crippen molar-refractivity contribution in [3.8, 4) is 16.9 Å². The first-order valence-electron chi connectivity index (χ1n) is 15.3. The van der Waals surface area contributed by atoms with Gasteiger partial charge >= 0.3 is 0 Å². The molecule has 6 aromatic carbocycles. The van der Waals surface area contributed by atoms with Crippen LogP contribution in [0.2, 0.25) is 0 Å². The maximum Gasteiger partial charge on any atom is 0.138 e. The summed E-state index contributed by atoms with van der Waals surface area (Å²) in [7, 11) is 0. The zero-order valence-electron chi connectivity index (χ0n) is 24.5. The van der Waals surface area contributed by atoms with Crippen LogP contribution in [0.25, 0.3) is 81.8 Å². The first kappa shape index (κ1) is 24.0. The molecule has 0 radical (unpaired) electrons. The molecule has 3 aromatic heterocycles. The molecule has 3 heteroatoms. The van der Waals surface area contributed by atoms with E-state index in [9.17, 15) is 0 Å². The zero-order chi connectivity index (χ0) is 29.2. The number of pyridine rings is 2. The van der Waals surface area contributed by atoms with Gasteiger partial charge in [0.1, 0.15) is 5.82 Å². The highest BCUT2D eigenvalue weighted by Gasteiger charge is 2.39. The molecular weight excluding hydrogens is 534 g/mol. The molecule has 44 heavy (non-hydrogen) atoms. The van der Waals surface area contributed by atoms with Crippen LogP contribution < -0.4 is 0 Å². The quantitative estimate of drug-likeness (QED) is 0.187. The van der Waals surface area contributed by atoms with Crippen molar-refractivity contribution in [2.24, 2.45) is 0 Å². The Morgan fingerprint density at radius 2 is 1.20 bits per heavy atom. The van der Waals surface area contributed by atoms with E-state index in [4.69, 9.17) is 4.98 Å². The number of nitrogens with zero attached hydrogens (tertiary/aromatic N) is 3. The van der Waals surface area contributed by atoms with Crippen molar-refractivity contribution >= 4 is 64.9 Å². The van der Waals surface area contributed by atoms with Gasteiger partial charge in [0.25, 0.3) is 0 Å². The number of hydrogen-bond acceptors (Lipinski definition) is 2. The van der Waals surface area contributed by atoms with Crippen LogP contribution in [0.3, 0.4) is 0 Å². The molecule has 3 heterocycles. The third-order valence-corrected chi connectivity index (χ3v) is 10.1. The van der Waals surface area contributed by atoms with Crippen LogP contribution in [-0.4, -0.2) is 14.5 Å². The maximum absolute atomic E-state index is 5.26. The second-order valence-electron chi connectivity index (χ2n) is 12.6. The van der Waals surface area contributed by atoms with Gasteiger partial charge in [0.15, 0.2) is 0 Å². The van der Waals surface area contributed by atoms with Gasteiger partial charge in [-0.1, -0.05) is 105 Å². The number of aromatic nitrogens is 3. The fraction of sp³-hybridized carbons (Fsp3) is 0.0732. The van der Waals surface area contributed by atoms with Gasteiger partial charge in [-0.05, 0) is 67.2 Å². The number of hydrogen-bond donors (Lipinski definition) is 0. The molecule has 0 atom stereocenters. The van der Waals surface area contributed by atoms with Crippen molar-refractivity contribution in [1.29, 1.82) is 0 Å². The molecule has 0 fully saturated rings. The number of para-hydroxylation sites is 1. The summed E-state index contributed by atoms with van der Waals surface area (Å²) >= 11 is 0. The fourth-order valence-electron chi connectivity index (χ4n) is 8.25. The van der Waals surface area contributed by atoms with Crippen molar-refractivity contribution in [3.05, 3.63) is 139 Å². The third-order valence-electron chi connectivity index (χ3n) is 10.1. The Morgan fingerprint density at radius 3 is 1.98 bits per heavy atom. The van der Waals surface area contributed by atoms with Gasteiger partial charge in [0.05, 0.1) is 11.0 Å². The van der Waals surface area contributed by atoms with Crippen molar-refractivity contribution in [2.75, 3.05) is 0 Å². The van der Waals surface area contributed by atoms with Gasteiger partial charge in [-0.25, -0.2) is 4.98 Å². The summed E-state index contributed by atoms with van der Waals surface area (Å²) in [5.41, 5.74) is 7.49. The molecule has 9 aromatic rings. The van der Waals surface area contributed by atoms with Crippen molar-refractivity contribution < 1.29 is 0 Å². The lowest BCUT2D eigenvalue weighted by Gasteiger charge is -2.23. The Labute approximate surface area is 254 Å². The topological polar surface area (TPSA) is 30.7 Å². The predicted molar refractivity (Wildman–Crippen MR) is 184 cm³/mol. The molecular formula is C41H27N3. The average molecular weight is 562 g/mol. The van der Waals surface area contributed by atoms with Gasteiger partial charge < -0.3 is 0 Å². The lowest BCUT2D eigenvalue weighted by atomic mass is 9.80. The second kappa shape index (κ2) is 8.30. The van der Waals surface area contributed by atoms with Gasteiger partial charge in [0, 0.05) is 51.1 Å². The molecule has 1 aliphatic carbocycles. The standard InChI is InChI=1S/C41H27N3/c1-41(2)34-17-9-7-15-29(34)38-39(41)33-22-42-20-19-28(33)37-30-16-8-10-18-35(30)44(40(37)38)36-21-31-26-13-5-3-11-24(26)25-12-4-6-14-27(25)32(31)23-43-36/h3-23H,1-2H3. The SMILES string of the molecule is CC1(C)c2ccccc2-c2c1c1cnccc1c1c3ccccc3n(-c3cc4c5ccccc5c5ccccc5c4cn3)c21. The van der Waals surface area contributed by atoms with Crippen LogP contribution in [-0.2, 0) is 5.41 Å². The normalized spacial score (nSPS) is 13.9. The molecule has 0 spiro atoms. The number of fused-ring (bicyclic) bond motifs is 16. The van der Waals surface area contributed by atoms with Gasteiger partial charge in [-0.3, -0.25) is 9.55 Å². The molecule has 1 aliphatic rings. The predicted octanol–water partition coefficient (Wildman–Crippen LogP) is 10.5. The minimum atomic E-state index is -0.172. The Bertz CT molecular complexity index is 2660. The first-order valence-corrected chi connectivity index (χ1v) is 15.3. The molecule has 0 aliphatic heterocycles. The van der Waals surface area contributed by atoms with E-state index in [0.29, 0.717) is 0 Å². The molecule has 10 rings (SSSR count). The molecule has 206 valence electrons. The van der Waals surface area contributed by atoms with Crippen LogP contribution in [0.15, 0.2) is 128 Å². The molecule has 0 unspecified atom stereocenters. The molecule has 0 N–H and O–H groups in total. The highest BCUT2D eigenvalue weighted by atomic mass is 15.1. The highest BCUT2D eigenvalue weighted by molar-refractivity contribution is 6.28. The Kier molecular flexibility index (Phi) is 4.52. The largest absolute Gasteiger partial charge is 0.293 e. The summed E-state index contributed by atoms with van der Waals surface area (Å²) in [5, 5.41) is 12.4. The van der Waals surface area contributed by atoms with Gasteiger partial charge in [-0.15, -0.1) is 0 Å². The number of rotatable bonds is 1. The van der Waals surface area contributed by atoms with Crippen LogP contribution in [0.4, 0.5) is 0 Å². The van der Waals surface area contributed by atoms with Gasteiger partial charge in [0.2, 0.25) is 0 Å². The molecule has 0 saturated carbocycles. The fourth-order valence-corrected chi connectivity index (χ4v) is 8.25. The number of benzene rings is 6. The van der Waals surface area contributed by atoms with E-state index in [0.717, 1.165) is 11.3 Å². The lowest BCUT2D eigenvalue weighted by Crippen LogP contribution is -2.15. The minimum absolute atomic E-state index is 0.172. The maximum atomic E-state index is 5.26. The van der Waals surface area contributed by atoms with Crippen molar-refractivity contribution in [2.45, 2.75) is 19.3 Å². The molecule has 0 amide bonds. The van der Waals surface area contributed by atoms with E-state index in [2.05, 4.69) is 145 Å². The van der Waals surface area contributed by atoms with Crippen molar-refractivity contribution in [1.82, 2.24) is 14.5 Å². The zero-order valence-corrected chi connectivity index (χ0v) is 24.5. The average Bonchev–Trinajstić information content (AvgIpc) is 3.54. The van der Waals surface area contributed by atoms with Crippen LogP contribution in [0, 0.1) is 0 Å². The Morgan fingerprint density at radius 1 is 0.568 bits per heavy atom. The lowest BCUT2D eigenvalue weighted by molar-refractivity contribution is 0.666. The van der Waals surface area contributed by atoms with Crippen LogP contribution in [0.1, 0.15) is 25.0 Å². The smallest absolute Gasteiger partial charge is 0.138 e. The van der Waals surface area contributed by atoms with E-state index in [1.54, 1.807) is 0 Å². The second-order valence-corrected chi connectivity index (χ2v) is 12.6. The Hall–Kier alpha value is -5.54. The third kappa shape index (κ3) is 2.87. The summed E-state index contributed by atoms with van der Waals surface area (Å²) in [4.78, 5) is 9.89. The Balaban J connectivity index is 1.44. The monoisotopic (exact) mass is 561 g/mol. The summed E-state index contributed by atoms with van der Waals surface area (Å²) < 4.78 is 2.42. The minimum Gasteiger partial charge on any atom is -0.293 e. The van der Waals surface area contributed by atoms with E-state index in [1.807, 2.05) is 6.20 Å². The summed E-state index contributed by atoms with van der Waals surface area (Å²) in [6.45, 7) is 4.71.